The Morgan fingerprint density at radius 1 is 1.16 bits per heavy atom. The molecule has 8 heteroatoms. The molecule has 2 unspecified atom stereocenters. The fourth-order valence-corrected chi connectivity index (χ4v) is 5.29. The molecule has 0 aromatic heterocycles. The molecule has 2 aromatic carbocycles. The summed E-state index contributed by atoms with van der Waals surface area (Å²) in [7, 11) is 0. The molecule has 0 bridgehead atoms. The molecule has 0 spiro atoms. The highest BCUT2D eigenvalue weighted by atomic mass is 16.6. The first-order valence-corrected chi connectivity index (χ1v) is 12.4. The van der Waals surface area contributed by atoms with Crippen molar-refractivity contribution in [1.29, 1.82) is 0 Å². The van der Waals surface area contributed by atoms with Gasteiger partial charge in [-0.25, -0.2) is 14.4 Å². The van der Waals surface area contributed by atoms with Crippen molar-refractivity contribution in [3.05, 3.63) is 70.3 Å². The number of aromatic carboxylic acids is 1. The number of ether oxygens (including phenoxy) is 1. The molecule has 2 aliphatic rings. The number of benzene rings is 2. The van der Waals surface area contributed by atoms with Crippen LogP contribution in [0, 0.1) is 0 Å². The highest BCUT2D eigenvalue weighted by molar-refractivity contribution is 5.92. The number of β-amino-alcohol motifs (C(OH)–C–C–N with tert-alkyl or cyclic N) is 1. The van der Waals surface area contributed by atoms with Crippen molar-refractivity contribution >= 4 is 23.7 Å². The highest BCUT2D eigenvalue weighted by Gasteiger charge is 2.41. The lowest BCUT2D eigenvalue weighted by Gasteiger charge is -2.45. The molecule has 0 aliphatic carbocycles. The number of carbonyl (C=O) groups is 2. The number of aliphatic hydroxyl groups excluding tert-OH is 1. The van der Waals surface area contributed by atoms with Crippen LogP contribution in [-0.2, 0) is 27.9 Å². The first-order chi connectivity index (χ1) is 17.3. The number of rotatable bonds is 4. The normalized spacial score (nSPS) is 19.4. The third-order valence-electron chi connectivity index (χ3n) is 7.02. The monoisotopic (exact) mass is 506 g/mol. The van der Waals surface area contributed by atoms with E-state index < -0.39 is 35.2 Å². The number of amides is 1. The summed E-state index contributed by atoms with van der Waals surface area (Å²) in [4.78, 5) is 40.2. The predicted molar refractivity (Wildman–Crippen MR) is 139 cm³/mol. The van der Waals surface area contributed by atoms with Crippen molar-refractivity contribution in [3.8, 4) is 0 Å². The lowest BCUT2D eigenvalue weighted by molar-refractivity contribution is -0.0168. The zero-order valence-electron chi connectivity index (χ0n) is 21.9. The van der Waals surface area contributed by atoms with Crippen LogP contribution in [0.5, 0.6) is 0 Å². The van der Waals surface area contributed by atoms with Crippen molar-refractivity contribution in [2.24, 2.45) is 0 Å². The van der Waals surface area contributed by atoms with Gasteiger partial charge >= 0.3 is 12.1 Å². The van der Waals surface area contributed by atoms with Gasteiger partial charge in [-0.1, -0.05) is 44.2 Å². The Kier molecular flexibility index (Phi) is 6.93. The van der Waals surface area contributed by atoms with Crippen LogP contribution in [0.25, 0.3) is 5.70 Å². The smallest absolute Gasteiger partial charge is 0.410 e. The Hall–Kier alpha value is -3.61. The third-order valence-corrected chi connectivity index (χ3v) is 7.02. The van der Waals surface area contributed by atoms with E-state index in [1.165, 1.54) is 6.07 Å². The molecule has 2 N–H and O–H groups in total. The van der Waals surface area contributed by atoms with Crippen molar-refractivity contribution in [2.75, 3.05) is 13.1 Å². The number of carboxylic acid groups (broad SMARTS) is 1. The number of nitrogens with zero attached hydrogens (tertiary/aromatic N) is 2. The summed E-state index contributed by atoms with van der Waals surface area (Å²) in [6, 6.07) is 12.0. The number of hydrogen-bond donors (Lipinski definition) is 2. The van der Waals surface area contributed by atoms with Gasteiger partial charge in [-0.05, 0) is 56.0 Å². The van der Waals surface area contributed by atoms with Gasteiger partial charge < -0.3 is 19.8 Å². The van der Waals surface area contributed by atoms with Gasteiger partial charge in [0.25, 0.3) is 0 Å². The van der Waals surface area contributed by atoms with E-state index >= 15 is 0 Å². The van der Waals surface area contributed by atoms with Crippen molar-refractivity contribution in [1.82, 2.24) is 9.80 Å². The van der Waals surface area contributed by atoms with Crippen molar-refractivity contribution < 1.29 is 29.3 Å². The van der Waals surface area contributed by atoms with Crippen LogP contribution >= 0.6 is 0 Å². The van der Waals surface area contributed by atoms with Gasteiger partial charge in [0.05, 0.1) is 17.7 Å². The molecule has 2 aromatic rings. The average Bonchev–Trinajstić information content (AvgIpc) is 2.81. The van der Waals surface area contributed by atoms with Gasteiger partial charge in [0.15, 0.2) is 5.94 Å². The van der Waals surface area contributed by atoms with E-state index in [1.54, 1.807) is 42.7 Å². The average molecular weight is 507 g/mol. The molecular weight excluding hydrogens is 472 g/mol. The minimum Gasteiger partial charge on any atom is -0.478 e. The Labute approximate surface area is 217 Å². The van der Waals surface area contributed by atoms with Gasteiger partial charge in [0, 0.05) is 30.6 Å². The van der Waals surface area contributed by atoms with Gasteiger partial charge in [0.1, 0.15) is 11.3 Å². The number of carboxylic acids is 1. The third kappa shape index (κ3) is 5.41. The summed E-state index contributed by atoms with van der Waals surface area (Å²) in [5.74, 6) is 0.980. The topological polar surface area (TPSA) is 107 Å². The summed E-state index contributed by atoms with van der Waals surface area (Å²) in [6.45, 7) is 10.1. The van der Waals surface area contributed by atoms with E-state index in [0.717, 1.165) is 16.7 Å². The number of aliphatic hydroxyl groups is 1. The molecule has 8 nitrogen and oxygen atoms in total. The fourth-order valence-electron chi connectivity index (χ4n) is 5.29. The van der Waals surface area contributed by atoms with E-state index in [1.807, 2.05) is 44.1 Å². The van der Waals surface area contributed by atoms with Crippen LogP contribution in [0.4, 0.5) is 4.79 Å². The van der Waals surface area contributed by atoms with Gasteiger partial charge in [-0.3, -0.25) is 4.90 Å². The molecule has 1 amide bonds. The quantitative estimate of drug-likeness (QED) is 0.606. The fraction of sp³-hybridized carbons (Fsp3) is 0.448. The SMILES string of the molecule is CC(C)(C)OC(=O)N1Cc2ccccc2CC1C(O)CN1CC(C)(C)c2cc(C(=O)O)ccc2C1=C=O. The minimum atomic E-state index is -1.03. The lowest BCUT2D eigenvalue weighted by Crippen LogP contribution is -2.55. The van der Waals surface area contributed by atoms with Crippen LogP contribution < -0.4 is 0 Å². The second-order valence-corrected chi connectivity index (χ2v) is 11.5. The van der Waals surface area contributed by atoms with E-state index in [4.69, 9.17) is 4.74 Å². The van der Waals surface area contributed by atoms with Crippen LogP contribution in [0.2, 0.25) is 0 Å². The summed E-state index contributed by atoms with van der Waals surface area (Å²) in [6.07, 6.45) is -1.03. The highest BCUT2D eigenvalue weighted by Crippen LogP contribution is 2.39. The molecule has 2 atom stereocenters. The van der Waals surface area contributed by atoms with Gasteiger partial charge in [-0.15, -0.1) is 0 Å². The largest absolute Gasteiger partial charge is 0.478 e. The molecule has 0 radical (unpaired) electrons. The summed E-state index contributed by atoms with van der Waals surface area (Å²) >= 11 is 0. The zero-order chi connectivity index (χ0) is 27.1. The van der Waals surface area contributed by atoms with E-state index in [2.05, 4.69) is 0 Å². The van der Waals surface area contributed by atoms with E-state index in [0.29, 0.717) is 25.1 Å². The number of carbonyl (C=O) groups excluding carboxylic acids is 2. The van der Waals surface area contributed by atoms with E-state index in [-0.39, 0.29) is 17.8 Å². The Morgan fingerprint density at radius 2 is 1.84 bits per heavy atom. The lowest BCUT2D eigenvalue weighted by atomic mass is 9.76. The molecule has 4 rings (SSSR count). The van der Waals surface area contributed by atoms with Gasteiger partial charge in [0.2, 0.25) is 0 Å². The standard InChI is InChI=1S/C29H34N2O6/c1-28(2,3)37-27(36)31-14-20-9-7-6-8-18(20)13-23(31)25(33)15-30-17-29(4,5)22-12-19(26(34)35)10-11-21(22)24(30)16-32/h6-12,23,25,33H,13-15,17H2,1-5H3,(H,34,35). The molecule has 0 saturated heterocycles. The maximum atomic E-state index is 13.2. The second-order valence-electron chi connectivity index (χ2n) is 11.5. The van der Waals surface area contributed by atoms with E-state index in [9.17, 15) is 24.6 Å². The zero-order valence-corrected chi connectivity index (χ0v) is 21.9. The van der Waals surface area contributed by atoms with Crippen LogP contribution in [-0.4, -0.2) is 68.9 Å². The molecule has 2 heterocycles. The van der Waals surface area contributed by atoms with Crippen molar-refractivity contribution in [3.63, 3.8) is 0 Å². The van der Waals surface area contributed by atoms with Crippen LogP contribution in [0.15, 0.2) is 42.5 Å². The molecule has 37 heavy (non-hydrogen) atoms. The molecule has 2 aliphatic heterocycles. The first kappa shape index (κ1) is 26.5. The maximum Gasteiger partial charge on any atom is 0.410 e. The summed E-state index contributed by atoms with van der Waals surface area (Å²) in [5, 5.41) is 20.9. The predicted octanol–water partition coefficient (Wildman–Crippen LogP) is 3.87. The molecule has 0 saturated carbocycles. The number of hydrogen-bond acceptors (Lipinski definition) is 6. The Bertz CT molecular complexity index is 1270. The maximum absolute atomic E-state index is 13.2. The van der Waals surface area contributed by atoms with Crippen LogP contribution in [0.1, 0.15) is 67.2 Å². The Balaban J connectivity index is 1.64. The molecular formula is C29H34N2O6. The van der Waals surface area contributed by atoms with Crippen LogP contribution in [0.3, 0.4) is 0 Å². The summed E-state index contributed by atoms with van der Waals surface area (Å²) in [5.41, 5.74) is 2.65. The van der Waals surface area contributed by atoms with Crippen molar-refractivity contribution in [2.45, 2.75) is 70.7 Å². The van der Waals surface area contributed by atoms with Gasteiger partial charge in [-0.2, -0.15) is 0 Å². The first-order valence-electron chi connectivity index (χ1n) is 12.4. The summed E-state index contributed by atoms with van der Waals surface area (Å²) < 4.78 is 5.66. The Morgan fingerprint density at radius 3 is 2.46 bits per heavy atom. The second kappa shape index (κ2) is 9.69. The molecule has 196 valence electrons. The molecule has 0 fully saturated rings. The number of fused-ring (bicyclic) bond motifs is 2. The minimum absolute atomic E-state index is 0.0975.